The molecule has 0 spiro atoms. The van der Waals surface area contributed by atoms with Gasteiger partial charge in [0.2, 0.25) is 5.88 Å². The number of fused-ring (bicyclic) bond motifs is 1. The summed E-state index contributed by atoms with van der Waals surface area (Å²) in [6.45, 7) is 4.00. The summed E-state index contributed by atoms with van der Waals surface area (Å²) in [5.41, 5.74) is 3.33. The fourth-order valence-electron chi connectivity index (χ4n) is 2.38. The Balaban J connectivity index is 1.58. The Morgan fingerprint density at radius 3 is 2.52 bits per heavy atom. The molecule has 0 aliphatic carbocycles. The third-order valence-electron chi connectivity index (χ3n) is 3.63. The highest BCUT2D eigenvalue weighted by Gasteiger charge is 2.04. The maximum atomic E-state index is 5.84. The number of benzene rings is 2. The van der Waals surface area contributed by atoms with Crippen LogP contribution in [0, 0.1) is 0 Å². The minimum Gasteiger partial charge on any atom is -0.477 e. The Kier molecular flexibility index (Phi) is 5.17. The van der Waals surface area contributed by atoms with Gasteiger partial charge in [0.25, 0.3) is 0 Å². The van der Waals surface area contributed by atoms with E-state index in [-0.39, 0.29) is 0 Å². The van der Waals surface area contributed by atoms with E-state index in [1.165, 1.54) is 11.1 Å². The number of nitrogens with zero attached hydrogens (tertiary/aromatic N) is 2. The van der Waals surface area contributed by atoms with Gasteiger partial charge in [-0.15, -0.1) is 0 Å². The lowest BCUT2D eigenvalue weighted by Gasteiger charge is -2.08. The van der Waals surface area contributed by atoms with Crippen LogP contribution in [0.1, 0.15) is 18.1 Å². The van der Waals surface area contributed by atoms with Crippen LogP contribution in [0.5, 0.6) is 5.88 Å². The maximum Gasteiger partial charge on any atom is 0.224 e. The van der Waals surface area contributed by atoms with Gasteiger partial charge in [0.05, 0.1) is 24.1 Å². The molecule has 0 saturated carbocycles. The first kappa shape index (κ1) is 15.4. The van der Waals surface area contributed by atoms with Gasteiger partial charge in [-0.2, -0.15) is 0 Å². The van der Waals surface area contributed by atoms with Crippen molar-refractivity contribution >= 4 is 10.9 Å². The lowest BCUT2D eigenvalue weighted by atomic mass is 10.1. The molecule has 1 aromatic heterocycles. The van der Waals surface area contributed by atoms with Gasteiger partial charge in [-0.25, -0.2) is 9.97 Å². The largest absolute Gasteiger partial charge is 0.477 e. The van der Waals surface area contributed by atoms with E-state index in [0.717, 1.165) is 23.9 Å². The second kappa shape index (κ2) is 7.70. The lowest BCUT2D eigenvalue weighted by Crippen LogP contribution is -2.03. The average molecular weight is 308 g/mol. The zero-order valence-electron chi connectivity index (χ0n) is 13.2. The molecular formula is C19H20N2O2. The second-order valence-corrected chi connectivity index (χ2v) is 5.25. The normalized spacial score (nSPS) is 10.8. The van der Waals surface area contributed by atoms with Crippen LogP contribution >= 0.6 is 0 Å². The third kappa shape index (κ3) is 4.05. The summed E-state index contributed by atoms with van der Waals surface area (Å²) in [7, 11) is 0. The van der Waals surface area contributed by atoms with E-state index >= 15 is 0 Å². The molecule has 3 rings (SSSR count). The molecule has 0 fully saturated rings. The van der Waals surface area contributed by atoms with Crippen LogP contribution in [0.25, 0.3) is 10.9 Å². The predicted molar refractivity (Wildman–Crippen MR) is 90.5 cm³/mol. The minimum atomic E-state index is 0.589. The third-order valence-corrected chi connectivity index (χ3v) is 3.63. The van der Waals surface area contributed by atoms with E-state index in [1.807, 2.05) is 31.2 Å². The van der Waals surface area contributed by atoms with Crippen molar-refractivity contribution in [2.75, 3.05) is 13.2 Å². The van der Waals surface area contributed by atoms with Crippen LogP contribution in [0.4, 0.5) is 0 Å². The molecule has 0 bridgehead atoms. The number of hydrogen-bond acceptors (Lipinski definition) is 4. The first-order valence-electron chi connectivity index (χ1n) is 7.85. The first-order chi connectivity index (χ1) is 11.4. The van der Waals surface area contributed by atoms with Gasteiger partial charge >= 0.3 is 0 Å². The van der Waals surface area contributed by atoms with Crippen molar-refractivity contribution in [3.05, 3.63) is 66.0 Å². The number of aromatic nitrogens is 2. The van der Waals surface area contributed by atoms with Crippen molar-refractivity contribution in [1.29, 1.82) is 0 Å². The van der Waals surface area contributed by atoms with E-state index in [4.69, 9.17) is 9.47 Å². The summed E-state index contributed by atoms with van der Waals surface area (Å²) in [6.07, 6.45) is 2.38. The summed E-state index contributed by atoms with van der Waals surface area (Å²) >= 11 is 0. The van der Waals surface area contributed by atoms with Gasteiger partial charge in [-0.1, -0.05) is 36.4 Å². The summed E-state index contributed by atoms with van der Waals surface area (Å²) in [5.74, 6) is 0.642. The monoisotopic (exact) mass is 308 g/mol. The molecule has 2 aromatic carbocycles. The van der Waals surface area contributed by atoms with Crippen molar-refractivity contribution in [2.24, 2.45) is 0 Å². The molecular weight excluding hydrogens is 288 g/mol. The van der Waals surface area contributed by atoms with E-state index in [0.29, 0.717) is 19.1 Å². The first-order valence-corrected chi connectivity index (χ1v) is 7.85. The molecule has 4 nitrogen and oxygen atoms in total. The van der Waals surface area contributed by atoms with Crippen molar-refractivity contribution in [3.8, 4) is 5.88 Å². The van der Waals surface area contributed by atoms with Crippen molar-refractivity contribution in [3.63, 3.8) is 0 Å². The minimum absolute atomic E-state index is 0.589. The summed E-state index contributed by atoms with van der Waals surface area (Å²) in [5, 5.41) is 0.946. The Hall–Kier alpha value is -2.46. The number of rotatable bonds is 7. The molecule has 23 heavy (non-hydrogen) atoms. The van der Waals surface area contributed by atoms with Crippen LogP contribution in [-0.2, 0) is 17.8 Å². The van der Waals surface area contributed by atoms with Gasteiger partial charge in [0.1, 0.15) is 6.33 Å². The van der Waals surface area contributed by atoms with Crippen LogP contribution < -0.4 is 4.74 Å². The topological polar surface area (TPSA) is 44.2 Å². The quantitative estimate of drug-likeness (QED) is 0.666. The molecule has 0 aliphatic heterocycles. The molecule has 4 heteroatoms. The fraction of sp³-hybridized carbons (Fsp3) is 0.263. The molecule has 0 radical (unpaired) electrons. The number of ether oxygens (including phenoxy) is 2. The van der Waals surface area contributed by atoms with Crippen molar-refractivity contribution < 1.29 is 9.47 Å². The Labute approximate surface area is 136 Å². The van der Waals surface area contributed by atoms with Crippen LogP contribution in [-0.4, -0.2) is 23.2 Å². The van der Waals surface area contributed by atoms with E-state index in [9.17, 15) is 0 Å². The summed E-state index contributed by atoms with van der Waals surface area (Å²) < 4.78 is 11.2. The van der Waals surface area contributed by atoms with E-state index in [1.54, 1.807) is 6.33 Å². The molecule has 0 N–H and O–H groups in total. The SMILES string of the molecule is CCOCc1ccc(CCOc2ncnc3ccccc23)cc1. The van der Waals surface area contributed by atoms with Gasteiger partial charge in [-0.05, 0) is 30.2 Å². The smallest absolute Gasteiger partial charge is 0.224 e. The second-order valence-electron chi connectivity index (χ2n) is 5.25. The number of para-hydroxylation sites is 1. The highest BCUT2D eigenvalue weighted by molar-refractivity contribution is 5.82. The highest BCUT2D eigenvalue weighted by Crippen LogP contribution is 2.20. The number of hydrogen-bond donors (Lipinski definition) is 0. The van der Waals surface area contributed by atoms with Crippen molar-refractivity contribution in [2.45, 2.75) is 20.0 Å². The van der Waals surface area contributed by atoms with Gasteiger partial charge in [0, 0.05) is 13.0 Å². The predicted octanol–water partition coefficient (Wildman–Crippen LogP) is 3.79. The van der Waals surface area contributed by atoms with Crippen LogP contribution in [0.3, 0.4) is 0 Å². The molecule has 0 unspecified atom stereocenters. The van der Waals surface area contributed by atoms with E-state index in [2.05, 4.69) is 34.2 Å². The zero-order valence-corrected chi connectivity index (χ0v) is 13.2. The lowest BCUT2D eigenvalue weighted by molar-refractivity contribution is 0.134. The summed E-state index contributed by atoms with van der Waals surface area (Å²) in [6, 6.07) is 16.3. The fourth-order valence-corrected chi connectivity index (χ4v) is 2.38. The van der Waals surface area contributed by atoms with Crippen LogP contribution in [0.15, 0.2) is 54.9 Å². The summed E-state index contributed by atoms with van der Waals surface area (Å²) in [4.78, 5) is 8.48. The molecule has 3 aromatic rings. The van der Waals surface area contributed by atoms with Crippen molar-refractivity contribution in [1.82, 2.24) is 9.97 Å². The van der Waals surface area contributed by atoms with Gasteiger partial charge < -0.3 is 9.47 Å². The molecule has 0 saturated heterocycles. The molecule has 118 valence electrons. The van der Waals surface area contributed by atoms with Gasteiger partial charge in [-0.3, -0.25) is 0 Å². The standard InChI is InChI=1S/C19H20N2O2/c1-2-22-13-16-9-7-15(8-10-16)11-12-23-19-17-5-3-4-6-18(17)20-14-21-19/h3-10,14H,2,11-13H2,1H3. The Morgan fingerprint density at radius 2 is 1.70 bits per heavy atom. The molecule has 0 aliphatic rings. The highest BCUT2D eigenvalue weighted by atomic mass is 16.5. The Bertz CT molecular complexity index is 751. The molecule has 1 heterocycles. The molecule has 0 amide bonds. The van der Waals surface area contributed by atoms with E-state index < -0.39 is 0 Å². The average Bonchev–Trinajstić information content (AvgIpc) is 2.61. The van der Waals surface area contributed by atoms with Gasteiger partial charge in [0.15, 0.2) is 0 Å². The zero-order chi connectivity index (χ0) is 15.9. The Morgan fingerprint density at radius 1 is 0.913 bits per heavy atom. The van der Waals surface area contributed by atoms with Crippen LogP contribution in [0.2, 0.25) is 0 Å². The molecule has 0 atom stereocenters. The maximum absolute atomic E-state index is 5.84.